The summed E-state index contributed by atoms with van der Waals surface area (Å²) in [7, 11) is 0. The summed E-state index contributed by atoms with van der Waals surface area (Å²) in [5, 5.41) is 5.25. The molecule has 26 heavy (non-hydrogen) atoms. The fourth-order valence-electron chi connectivity index (χ4n) is 4.44. The predicted molar refractivity (Wildman–Crippen MR) is 94.1 cm³/mol. The van der Waals surface area contributed by atoms with Crippen LogP contribution < -0.4 is 15.5 Å². The molecular weight excluding hydrogens is 343 g/mol. The highest BCUT2D eigenvalue weighted by atomic mass is 19.4. The van der Waals surface area contributed by atoms with Crippen LogP contribution in [0.2, 0.25) is 0 Å². The fourth-order valence-corrected chi connectivity index (χ4v) is 4.44. The molecule has 2 saturated heterocycles. The van der Waals surface area contributed by atoms with E-state index in [-0.39, 0.29) is 11.7 Å². The summed E-state index contributed by atoms with van der Waals surface area (Å²) in [6.45, 7) is 4.76. The highest BCUT2D eigenvalue weighted by Gasteiger charge is 2.41. The second-order valence-electron chi connectivity index (χ2n) is 7.20. The standard InChI is InChI=1S/C19H24F3N3O/c1-2-10-25-14-6-5-7-15(25)12-13(11-14)23-18(26)24-17-9-4-3-8-16(17)19(20,21)22/h2-4,8-9,13-15H,1,5-7,10-12H2,(H2,23,24,26)/p+1/t13?,14-,15+. The van der Waals surface area contributed by atoms with Crippen LogP contribution >= 0.6 is 0 Å². The summed E-state index contributed by atoms with van der Waals surface area (Å²) in [6.07, 6.45) is 2.60. The van der Waals surface area contributed by atoms with Crippen molar-refractivity contribution in [3.8, 4) is 0 Å². The van der Waals surface area contributed by atoms with Gasteiger partial charge in [-0.1, -0.05) is 18.7 Å². The largest absolute Gasteiger partial charge is 0.418 e. The Morgan fingerprint density at radius 1 is 1.23 bits per heavy atom. The number of hydrogen-bond acceptors (Lipinski definition) is 1. The average molecular weight is 368 g/mol. The number of carbonyl (C=O) groups excluding carboxylic acids is 1. The summed E-state index contributed by atoms with van der Waals surface area (Å²) in [4.78, 5) is 13.8. The maximum Gasteiger partial charge on any atom is 0.418 e. The normalized spacial score (nSPS) is 28.3. The quantitative estimate of drug-likeness (QED) is 0.703. The first-order valence-electron chi connectivity index (χ1n) is 9.08. The number of urea groups is 1. The number of hydrogen-bond donors (Lipinski definition) is 3. The summed E-state index contributed by atoms with van der Waals surface area (Å²) < 4.78 is 39.1. The van der Waals surface area contributed by atoms with E-state index in [1.165, 1.54) is 29.5 Å². The Kier molecular flexibility index (Phi) is 5.55. The van der Waals surface area contributed by atoms with E-state index in [2.05, 4.69) is 17.2 Å². The van der Waals surface area contributed by atoms with Gasteiger partial charge in [-0.15, -0.1) is 0 Å². The van der Waals surface area contributed by atoms with Crippen LogP contribution in [-0.4, -0.2) is 30.7 Å². The van der Waals surface area contributed by atoms with Gasteiger partial charge in [-0.3, -0.25) is 0 Å². The van der Waals surface area contributed by atoms with E-state index in [4.69, 9.17) is 0 Å². The monoisotopic (exact) mass is 368 g/mol. The van der Waals surface area contributed by atoms with E-state index in [9.17, 15) is 18.0 Å². The molecule has 2 heterocycles. The number of alkyl halides is 3. The van der Waals surface area contributed by atoms with Crippen molar-refractivity contribution >= 4 is 11.7 Å². The number of para-hydroxylation sites is 1. The van der Waals surface area contributed by atoms with Crippen LogP contribution in [0.3, 0.4) is 0 Å². The molecule has 1 aromatic rings. The Morgan fingerprint density at radius 3 is 2.50 bits per heavy atom. The van der Waals surface area contributed by atoms with Gasteiger partial charge in [0.2, 0.25) is 0 Å². The Bertz CT molecular complexity index is 648. The number of amides is 2. The third kappa shape index (κ3) is 4.20. The number of anilines is 1. The van der Waals surface area contributed by atoms with Crippen molar-refractivity contribution in [2.24, 2.45) is 0 Å². The zero-order valence-corrected chi connectivity index (χ0v) is 14.6. The first kappa shape index (κ1) is 18.8. The van der Waals surface area contributed by atoms with Gasteiger partial charge in [0.15, 0.2) is 0 Å². The van der Waals surface area contributed by atoms with Crippen molar-refractivity contribution in [2.75, 3.05) is 11.9 Å². The zero-order chi connectivity index (χ0) is 18.7. The van der Waals surface area contributed by atoms with Gasteiger partial charge >= 0.3 is 12.2 Å². The Hall–Kier alpha value is -2.02. The summed E-state index contributed by atoms with van der Waals surface area (Å²) >= 11 is 0. The molecule has 0 aliphatic carbocycles. The number of piperidine rings is 2. The third-order valence-corrected chi connectivity index (χ3v) is 5.49. The maximum atomic E-state index is 13.0. The smallest absolute Gasteiger partial charge is 0.335 e. The van der Waals surface area contributed by atoms with Gasteiger partial charge < -0.3 is 15.5 Å². The second-order valence-corrected chi connectivity index (χ2v) is 7.20. The molecule has 4 atom stereocenters. The Labute approximate surface area is 151 Å². The van der Waals surface area contributed by atoms with Crippen molar-refractivity contribution < 1.29 is 22.9 Å². The molecule has 0 spiro atoms. The van der Waals surface area contributed by atoms with Gasteiger partial charge in [-0.05, 0) is 37.5 Å². The van der Waals surface area contributed by atoms with Gasteiger partial charge in [0, 0.05) is 18.9 Å². The minimum absolute atomic E-state index is 0.00286. The molecule has 0 radical (unpaired) electrons. The maximum absolute atomic E-state index is 13.0. The summed E-state index contributed by atoms with van der Waals surface area (Å²) in [5.41, 5.74) is -1.05. The topological polar surface area (TPSA) is 45.6 Å². The van der Waals surface area contributed by atoms with E-state index in [0.29, 0.717) is 12.1 Å². The molecular formula is C19H25F3N3O+. The van der Waals surface area contributed by atoms with Crippen molar-refractivity contribution in [1.29, 1.82) is 0 Å². The molecule has 142 valence electrons. The van der Waals surface area contributed by atoms with E-state index in [1.54, 1.807) is 0 Å². The van der Waals surface area contributed by atoms with Gasteiger partial charge in [0.25, 0.3) is 0 Å². The van der Waals surface area contributed by atoms with Gasteiger partial charge in [-0.25, -0.2) is 4.79 Å². The van der Waals surface area contributed by atoms with Crippen LogP contribution in [0.25, 0.3) is 0 Å². The van der Waals surface area contributed by atoms with Crippen LogP contribution in [0.1, 0.15) is 37.7 Å². The Morgan fingerprint density at radius 2 is 1.88 bits per heavy atom. The summed E-state index contributed by atoms with van der Waals surface area (Å²) in [5.74, 6) is 0. The molecule has 3 rings (SSSR count). The summed E-state index contributed by atoms with van der Waals surface area (Å²) in [6, 6.07) is 5.42. The van der Waals surface area contributed by atoms with Crippen molar-refractivity contribution in [1.82, 2.24) is 5.32 Å². The lowest BCUT2D eigenvalue weighted by Gasteiger charge is -2.45. The number of carbonyl (C=O) groups is 1. The van der Waals surface area contributed by atoms with E-state index in [1.807, 2.05) is 6.08 Å². The number of fused-ring (bicyclic) bond motifs is 2. The second kappa shape index (κ2) is 7.70. The zero-order valence-electron chi connectivity index (χ0n) is 14.6. The minimum Gasteiger partial charge on any atom is -0.335 e. The van der Waals surface area contributed by atoms with Crippen molar-refractivity contribution in [3.05, 3.63) is 42.5 Å². The molecule has 2 unspecified atom stereocenters. The fraction of sp³-hybridized carbons (Fsp3) is 0.526. The minimum atomic E-state index is -4.50. The van der Waals surface area contributed by atoms with Gasteiger partial charge in [-0.2, -0.15) is 13.2 Å². The molecule has 0 aromatic heterocycles. The number of rotatable bonds is 4. The lowest BCUT2D eigenvalue weighted by Crippen LogP contribution is -3.21. The average Bonchev–Trinajstić information content (AvgIpc) is 2.55. The van der Waals surface area contributed by atoms with E-state index >= 15 is 0 Å². The SMILES string of the molecule is C=CC[NH+]1[C@@H]2CCC[C@H]1CC(NC(=O)Nc1ccccc1C(F)(F)F)C2. The first-order chi connectivity index (χ1) is 12.4. The number of nitrogens with one attached hydrogen (secondary N) is 3. The third-order valence-electron chi connectivity index (χ3n) is 5.49. The number of benzene rings is 1. The molecule has 4 nitrogen and oxygen atoms in total. The first-order valence-corrected chi connectivity index (χ1v) is 9.08. The van der Waals surface area contributed by atoms with Crippen LogP contribution in [0.15, 0.2) is 36.9 Å². The molecule has 0 saturated carbocycles. The van der Waals surface area contributed by atoms with Crippen LogP contribution in [0, 0.1) is 0 Å². The van der Waals surface area contributed by atoms with E-state index in [0.717, 1.165) is 38.3 Å². The lowest BCUT2D eigenvalue weighted by molar-refractivity contribution is -0.955. The molecule has 2 amide bonds. The van der Waals surface area contributed by atoms with Crippen LogP contribution in [0.5, 0.6) is 0 Å². The molecule has 7 heteroatoms. The lowest BCUT2D eigenvalue weighted by atomic mass is 9.82. The van der Waals surface area contributed by atoms with Crippen LogP contribution in [-0.2, 0) is 6.18 Å². The Balaban J connectivity index is 1.62. The van der Waals surface area contributed by atoms with E-state index < -0.39 is 17.8 Å². The van der Waals surface area contributed by atoms with Crippen molar-refractivity contribution in [3.63, 3.8) is 0 Å². The predicted octanol–water partition coefficient (Wildman–Crippen LogP) is 2.98. The van der Waals surface area contributed by atoms with Gasteiger partial charge in [0.05, 0.1) is 29.9 Å². The number of halogens is 3. The van der Waals surface area contributed by atoms with Crippen molar-refractivity contribution in [2.45, 2.75) is 56.4 Å². The van der Waals surface area contributed by atoms with Crippen LogP contribution in [0.4, 0.5) is 23.7 Å². The highest BCUT2D eigenvalue weighted by molar-refractivity contribution is 5.90. The molecule has 1 aromatic carbocycles. The number of quaternary nitrogens is 1. The molecule has 2 aliphatic rings. The molecule has 2 fully saturated rings. The highest BCUT2D eigenvalue weighted by Crippen LogP contribution is 2.34. The van der Waals surface area contributed by atoms with Gasteiger partial charge in [0.1, 0.15) is 0 Å². The molecule has 2 bridgehead atoms. The molecule has 2 aliphatic heterocycles. The molecule has 3 N–H and O–H groups in total.